The molecule has 0 aliphatic heterocycles. The average molecular weight is 396 g/mol. The first kappa shape index (κ1) is 18.3. The van der Waals surface area contributed by atoms with Gasteiger partial charge in [-0.25, -0.2) is 0 Å². The Kier molecular flexibility index (Phi) is 4.04. The summed E-state index contributed by atoms with van der Waals surface area (Å²) in [6, 6.07) is 20.1. The molecule has 1 nitrogen and oxygen atoms in total. The van der Waals surface area contributed by atoms with Crippen LogP contribution in [-0.2, 0) is 5.41 Å². The first-order valence-corrected chi connectivity index (χ1v) is 11.0. The molecule has 0 fully saturated rings. The van der Waals surface area contributed by atoms with E-state index in [1.807, 2.05) is 17.5 Å². The maximum Gasteiger partial charge on any atom is 0.0880 e. The Morgan fingerprint density at radius 3 is 2.24 bits per heavy atom. The fraction of sp³-hybridized carbons (Fsp3) is 0.222. The summed E-state index contributed by atoms with van der Waals surface area (Å²) in [5, 5.41) is 6.53. The van der Waals surface area contributed by atoms with Gasteiger partial charge < -0.3 is 0 Å². The first-order chi connectivity index (χ1) is 13.8. The molecule has 2 heteroatoms. The molecule has 29 heavy (non-hydrogen) atoms. The van der Waals surface area contributed by atoms with E-state index in [1.165, 1.54) is 53.2 Å². The Labute approximate surface area is 176 Å². The average Bonchev–Trinajstić information content (AvgIpc) is 2.99. The zero-order chi connectivity index (χ0) is 20.3. The van der Waals surface area contributed by atoms with Gasteiger partial charge in [0.25, 0.3) is 0 Å². The standard InChI is InChI=1S/C27H25NS/c1-16-17(2)29-26-22(16)10-11-28-25(26)21-13-20-12-18-8-6-7-9-19(18)14-23(20)24(15-21)27(3,4)5/h6-15H,1-5H3. The van der Waals surface area contributed by atoms with Crippen LogP contribution in [0.5, 0.6) is 0 Å². The van der Waals surface area contributed by atoms with Gasteiger partial charge in [0.1, 0.15) is 0 Å². The van der Waals surface area contributed by atoms with Crippen LogP contribution in [0, 0.1) is 13.8 Å². The van der Waals surface area contributed by atoms with Crippen molar-refractivity contribution in [3.8, 4) is 11.3 Å². The highest BCUT2D eigenvalue weighted by molar-refractivity contribution is 7.19. The summed E-state index contributed by atoms with van der Waals surface area (Å²) in [4.78, 5) is 6.21. The molecule has 0 amide bonds. The molecule has 0 aliphatic carbocycles. The Balaban J connectivity index is 1.88. The van der Waals surface area contributed by atoms with E-state index in [2.05, 4.69) is 89.2 Å². The lowest BCUT2D eigenvalue weighted by molar-refractivity contribution is 0.596. The number of hydrogen-bond donors (Lipinski definition) is 0. The SMILES string of the molecule is Cc1sc2c(-c3cc(C(C)(C)C)c4cc5ccccc5cc4c3)nccc2c1C. The molecule has 0 saturated heterocycles. The minimum atomic E-state index is 0.0475. The van der Waals surface area contributed by atoms with Gasteiger partial charge >= 0.3 is 0 Å². The molecule has 0 unspecified atom stereocenters. The summed E-state index contributed by atoms with van der Waals surface area (Å²) in [5.41, 5.74) is 5.11. The second-order valence-electron chi connectivity index (χ2n) is 9.01. The lowest BCUT2D eigenvalue weighted by Gasteiger charge is -2.23. The van der Waals surface area contributed by atoms with Crippen molar-refractivity contribution in [3.05, 3.63) is 76.8 Å². The molecule has 0 radical (unpaired) electrons. The third-order valence-electron chi connectivity index (χ3n) is 5.99. The Bertz CT molecular complexity index is 1400. The molecule has 2 aromatic heterocycles. The van der Waals surface area contributed by atoms with Crippen molar-refractivity contribution in [1.82, 2.24) is 4.98 Å². The van der Waals surface area contributed by atoms with E-state index in [1.54, 1.807) is 0 Å². The lowest BCUT2D eigenvalue weighted by Crippen LogP contribution is -2.12. The van der Waals surface area contributed by atoms with Crippen molar-refractivity contribution in [2.45, 2.75) is 40.0 Å². The second-order valence-corrected chi connectivity index (χ2v) is 10.2. The van der Waals surface area contributed by atoms with E-state index in [9.17, 15) is 0 Å². The summed E-state index contributed by atoms with van der Waals surface area (Å²) in [5.74, 6) is 0. The van der Waals surface area contributed by atoms with Gasteiger partial charge in [0.15, 0.2) is 0 Å². The van der Waals surface area contributed by atoms with Crippen molar-refractivity contribution in [2.75, 3.05) is 0 Å². The van der Waals surface area contributed by atoms with E-state index in [4.69, 9.17) is 4.98 Å². The van der Waals surface area contributed by atoms with Crippen molar-refractivity contribution < 1.29 is 0 Å². The fourth-order valence-electron chi connectivity index (χ4n) is 4.28. The smallest absolute Gasteiger partial charge is 0.0880 e. The molecule has 0 atom stereocenters. The number of thiophene rings is 1. The van der Waals surface area contributed by atoms with E-state index in [-0.39, 0.29) is 5.41 Å². The van der Waals surface area contributed by atoms with Crippen LogP contribution in [0.1, 0.15) is 36.8 Å². The van der Waals surface area contributed by atoms with Crippen LogP contribution in [-0.4, -0.2) is 4.98 Å². The first-order valence-electron chi connectivity index (χ1n) is 10.1. The molecule has 0 aliphatic rings. The summed E-state index contributed by atoms with van der Waals surface area (Å²) < 4.78 is 1.29. The quantitative estimate of drug-likeness (QED) is 0.261. The number of aryl methyl sites for hydroxylation is 2. The third-order valence-corrected chi connectivity index (χ3v) is 7.22. The normalized spacial score (nSPS) is 12.3. The number of aromatic nitrogens is 1. The molecule has 5 aromatic rings. The van der Waals surface area contributed by atoms with Gasteiger partial charge in [-0.15, -0.1) is 11.3 Å². The van der Waals surface area contributed by atoms with E-state index < -0.39 is 0 Å². The largest absolute Gasteiger partial charge is 0.255 e. The second kappa shape index (κ2) is 6.40. The van der Waals surface area contributed by atoms with Gasteiger partial charge in [0.2, 0.25) is 0 Å². The zero-order valence-corrected chi connectivity index (χ0v) is 18.4. The van der Waals surface area contributed by atoms with Crippen molar-refractivity contribution >= 4 is 43.0 Å². The molecule has 5 rings (SSSR count). The summed E-state index contributed by atoms with van der Waals surface area (Å²) in [6.45, 7) is 11.3. The molecule has 0 bridgehead atoms. The summed E-state index contributed by atoms with van der Waals surface area (Å²) >= 11 is 1.86. The van der Waals surface area contributed by atoms with Crippen LogP contribution >= 0.6 is 11.3 Å². The van der Waals surface area contributed by atoms with Crippen molar-refractivity contribution in [3.63, 3.8) is 0 Å². The van der Waals surface area contributed by atoms with Crippen LogP contribution < -0.4 is 0 Å². The number of hydrogen-bond acceptors (Lipinski definition) is 2. The minimum absolute atomic E-state index is 0.0475. The summed E-state index contributed by atoms with van der Waals surface area (Å²) in [6.07, 6.45) is 1.96. The van der Waals surface area contributed by atoms with Crippen LogP contribution in [0.3, 0.4) is 0 Å². The van der Waals surface area contributed by atoms with E-state index in [0.29, 0.717) is 0 Å². The fourth-order valence-corrected chi connectivity index (χ4v) is 5.45. The summed E-state index contributed by atoms with van der Waals surface area (Å²) in [7, 11) is 0. The number of benzene rings is 3. The highest BCUT2D eigenvalue weighted by atomic mass is 32.1. The van der Waals surface area contributed by atoms with Gasteiger partial charge in [-0.1, -0.05) is 45.0 Å². The molecule has 0 N–H and O–H groups in total. The van der Waals surface area contributed by atoms with Crippen LogP contribution in [0.2, 0.25) is 0 Å². The van der Waals surface area contributed by atoms with Crippen LogP contribution in [0.15, 0.2) is 60.8 Å². The van der Waals surface area contributed by atoms with E-state index in [0.717, 1.165) is 5.69 Å². The van der Waals surface area contributed by atoms with Gasteiger partial charge in [-0.05, 0) is 87.7 Å². The Hall–Kier alpha value is -2.71. The third kappa shape index (κ3) is 2.94. The van der Waals surface area contributed by atoms with Gasteiger partial charge in [0.05, 0.1) is 10.4 Å². The Morgan fingerprint density at radius 2 is 1.52 bits per heavy atom. The lowest BCUT2D eigenvalue weighted by atomic mass is 9.81. The molecular formula is C27H25NS. The highest BCUT2D eigenvalue weighted by Crippen LogP contribution is 2.40. The molecule has 0 spiro atoms. The zero-order valence-electron chi connectivity index (χ0n) is 17.6. The van der Waals surface area contributed by atoms with Crippen molar-refractivity contribution in [2.24, 2.45) is 0 Å². The van der Waals surface area contributed by atoms with Gasteiger partial charge in [0, 0.05) is 16.6 Å². The molecule has 3 aromatic carbocycles. The topological polar surface area (TPSA) is 12.9 Å². The van der Waals surface area contributed by atoms with Gasteiger partial charge in [-0.3, -0.25) is 4.98 Å². The van der Waals surface area contributed by atoms with Gasteiger partial charge in [-0.2, -0.15) is 0 Å². The predicted molar refractivity (Wildman–Crippen MR) is 128 cm³/mol. The Morgan fingerprint density at radius 1 is 0.793 bits per heavy atom. The minimum Gasteiger partial charge on any atom is -0.255 e. The maximum atomic E-state index is 4.83. The molecule has 0 saturated carbocycles. The number of pyridine rings is 1. The number of fused-ring (bicyclic) bond motifs is 3. The molecule has 144 valence electrons. The van der Waals surface area contributed by atoms with E-state index >= 15 is 0 Å². The van der Waals surface area contributed by atoms with Crippen molar-refractivity contribution in [1.29, 1.82) is 0 Å². The predicted octanol–water partition coefficient (Wildman–Crippen LogP) is 8.18. The van der Waals surface area contributed by atoms with Crippen LogP contribution in [0.25, 0.3) is 42.9 Å². The maximum absolute atomic E-state index is 4.83. The monoisotopic (exact) mass is 395 g/mol. The molecular weight excluding hydrogens is 370 g/mol. The number of nitrogens with zero attached hydrogens (tertiary/aromatic N) is 1. The van der Waals surface area contributed by atoms with Crippen LogP contribution in [0.4, 0.5) is 0 Å². The highest BCUT2D eigenvalue weighted by Gasteiger charge is 2.20. The number of rotatable bonds is 1. The molecule has 2 heterocycles.